The van der Waals surface area contributed by atoms with Crippen LogP contribution in [0.2, 0.25) is 5.02 Å². The summed E-state index contributed by atoms with van der Waals surface area (Å²) in [5.74, 6) is 0. The van der Waals surface area contributed by atoms with Crippen LogP contribution in [0.25, 0.3) is 5.70 Å². The number of allylic oxidation sites excluding steroid dienone is 4. The van der Waals surface area contributed by atoms with Crippen LogP contribution in [0.15, 0.2) is 84.0 Å². The third-order valence-corrected chi connectivity index (χ3v) is 4.57. The first kappa shape index (κ1) is 18.2. The fourth-order valence-corrected chi connectivity index (χ4v) is 3.19. The van der Waals surface area contributed by atoms with Gasteiger partial charge in [-0.05, 0) is 36.6 Å². The van der Waals surface area contributed by atoms with Gasteiger partial charge in [-0.25, -0.2) is 0 Å². The summed E-state index contributed by atoms with van der Waals surface area (Å²) in [6.45, 7) is 9.12. The topological polar surface area (TPSA) is 15.6 Å². The third-order valence-electron chi connectivity index (χ3n) is 4.31. The quantitative estimate of drug-likeness (QED) is 0.558. The number of halogens is 1. The monoisotopic (exact) mass is 362 g/mol. The molecule has 1 heterocycles. The molecule has 2 aromatic rings. The highest BCUT2D eigenvalue weighted by molar-refractivity contribution is 6.30. The summed E-state index contributed by atoms with van der Waals surface area (Å²) >= 11 is 6.01. The first-order valence-corrected chi connectivity index (χ1v) is 9.24. The Hall–Kier alpha value is -2.58. The molecular formula is C23H23ClN2. The van der Waals surface area contributed by atoms with Crippen molar-refractivity contribution >= 4 is 23.0 Å². The SMILES string of the molecule is C=C1c2ccccc2C(C(/C=C\C)=C/CC)=NN1Cc1ccc(Cl)cc1. The average molecular weight is 363 g/mol. The molecule has 0 unspecified atom stereocenters. The maximum atomic E-state index is 6.01. The van der Waals surface area contributed by atoms with E-state index in [1.807, 2.05) is 42.3 Å². The van der Waals surface area contributed by atoms with Gasteiger partial charge in [0.25, 0.3) is 0 Å². The Morgan fingerprint density at radius 1 is 1.12 bits per heavy atom. The summed E-state index contributed by atoms with van der Waals surface area (Å²) in [6.07, 6.45) is 7.34. The molecule has 132 valence electrons. The van der Waals surface area contributed by atoms with Gasteiger partial charge in [-0.2, -0.15) is 5.10 Å². The van der Waals surface area contributed by atoms with Gasteiger partial charge in [0.15, 0.2) is 0 Å². The lowest BCUT2D eigenvalue weighted by atomic mass is 9.93. The number of hydrazone groups is 1. The van der Waals surface area contributed by atoms with Crippen LogP contribution >= 0.6 is 11.6 Å². The molecule has 2 nitrogen and oxygen atoms in total. The lowest BCUT2D eigenvalue weighted by Gasteiger charge is -2.30. The van der Waals surface area contributed by atoms with Gasteiger partial charge in [-0.15, -0.1) is 0 Å². The molecule has 1 aliphatic rings. The Balaban J connectivity index is 2.05. The molecule has 0 spiro atoms. The number of hydrogen-bond donors (Lipinski definition) is 0. The largest absolute Gasteiger partial charge is 0.260 e. The molecule has 3 rings (SSSR count). The van der Waals surface area contributed by atoms with Gasteiger partial charge in [0, 0.05) is 16.1 Å². The molecule has 0 saturated carbocycles. The fourth-order valence-electron chi connectivity index (χ4n) is 3.07. The predicted octanol–water partition coefficient (Wildman–Crippen LogP) is 6.44. The van der Waals surface area contributed by atoms with Gasteiger partial charge in [-0.1, -0.05) is 79.7 Å². The highest BCUT2D eigenvalue weighted by Gasteiger charge is 2.23. The molecule has 0 amide bonds. The van der Waals surface area contributed by atoms with Crippen LogP contribution in [0.4, 0.5) is 0 Å². The van der Waals surface area contributed by atoms with E-state index in [9.17, 15) is 0 Å². The van der Waals surface area contributed by atoms with Crippen molar-refractivity contribution in [2.24, 2.45) is 5.10 Å². The molecule has 26 heavy (non-hydrogen) atoms. The van der Waals surface area contributed by atoms with E-state index in [2.05, 4.69) is 49.9 Å². The minimum absolute atomic E-state index is 0.656. The average Bonchev–Trinajstić information content (AvgIpc) is 2.66. The summed E-state index contributed by atoms with van der Waals surface area (Å²) in [7, 11) is 0. The molecule has 0 aliphatic carbocycles. The predicted molar refractivity (Wildman–Crippen MR) is 112 cm³/mol. The molecule has 3 heteroatoms. The zero-order valence-electron chi connectivity index (χ0n) is 15.2. The van der Waals surface area contributed by atoms with Gasteiger partial charge in [0.2, 0.25) is 0 Å². The second kappa shape index (κ2) is 8.20. The highest BCUT2D eigenvalue weighted by Crippen LogP contribution is 2.31. The summed E-state index contributed by atoms with van der Waals surface area (Å²) in [5.41, 5.74) is 6.43. The molecule has 0 bridgehead atoms. The van der Waals surface area contributed by atoms with E-state index >= 15 is 0 Å². The van der Waals surface area contributed by atoms with E-state index in [-0.39, 0.29) is 0 Å². The minimum Gasteiger partial charge on any atom is -0.260 e. The molecular weight excluding hydrogens is 340 g/mol. The number of fused-ring (bicyclic) bond motifs is 1. The lowest BCUT2D eigenvalue weighted by Crippen LogP contribution is -2.25. The maximum Gasteiger partial charge on any atom is 0.0984 e. The van der Waals surface area contributed by atoms with E-state index < -0.39 is 0 Å². The highest BCUT2D eigenvalue weighted by atomic mass is 35.5. The molecule has 1 aliphatic heterocycles. The van der Waals surface area contributed by atoms with Gasteiger partial charge >= 0.3 is 0 Å². The first-order chi connectivity index (χ1) is 12.6. The molecule has 0 fully saturated rings. The number of hydrogen-bond acceptors (Lipinski definition) is 2. The normalized spacial score (nSPS) is 14.6. The Labute approximate surface area is 160 Å². The van der Waals surface area contributed by atoms with Gasteiger partial charge in [0.05, 0.1) is 18.0 Å². The van der Waals surface area contributed by atoms with Crippen molar-refractivity contribution in [3.05, 3.63) is 101 Å². The first-order valence-electron chi connectivity index (χ1n) is 8.86. The molecule has 2 aromatic carbocycles. The lowest BCUT2D eigenvalue weighted by molar-refractivity contribution is 0.413. The maximum absolute atomic E-state index is 6.01. The van der Waals surface area contributed by atoms with E-state index in [0.29, 0.717) is 6.54 Å². The number of rotatable bonds is 5. The van der Waals surface area contributed by atoms with Crippen LogP contribution < -0.4 is 0 Å². The van der Waals surface area contributed by atoms with E-state index in [1.54, 1.807) is 0 Å². The zero-order chi connectivity index (χ0) is 18.5. The Bertz CT molecular complexity index is 889. The fraction of sp³-hybridized carbons (Fsp3) is 0.174. The second-order valence-corrected chi connectivity index (χ2v) is 6.63. The van der Waals surface area contributed by atoms with Crippen LogP contribution in [0.5, 0.6) is 0 Å². The van der Waals surface area contributed by atoms with Crippen LogP contribution in [0.1, 0.15) is 37.0 Å². The number of nitrogens with zero attached hydrogens (tertiary/aromatic N) is 2. The van der Waals surface area contributed by atoms with Crippen molar-refractivity contribution in [1.29, 1.82) is 0 Å². The van der Waals surface area contributed by atoms with Crippen molar-refractivity contribution in [2.75, 3.05) is 0 Å². The van der Waals surface area contributed by atoms with Crippen LogP contribution in [-0.4, -0.2) is 10.7 Å². The van der Waals surface area contributed by atoms with Gasteiger partial charge in [-0.3, -0.25) is 5.01 Å². The van der Waals surface area contributed by atoms with Gasteiger partial charge < -0.3 is 0 Å². The summed E-state index contributed by atoms with van der Waals surface area (Å²) in [4.78, 5) is 0. The van der Waals surface area contributed by atoms with Crippen molar-refractivity contribution in [3.63, 3.8) is 0 Å². The second-order valence-electron chi connectivity index (χ2n) is 6.19. The molecule has 0 N–H and O–H groups in total. The summed E-state index contributed by atoms with van der Waals surface area (Å²) in [5, 5.41) is 7.68. The summed E-state index contributed by atoms with van der Waals surface area (Å²) < 4.78 is 0. The molecule has 0 atom stereocenters. The molecule has 0 saturated heterocycles. The third kappa shape index (κ3) is 3.81. The minimum atomic E-state index is 0.656. The van der Waals surface area contributed by atoms with Crippen LogP contribution in [-0.2, 0) is 6.54 Å². The van der Waals surface area contributed by atoms with Crippen LogP contribution in [0, 0.1) is 0 Å². The summed E-state index contributed by atoms with van der Waals surface area (Å²) in [6, 6.07) is 16.2. The Morgan fingerprint density at radius 3 is 2.46 bits per heavy atom. The van der Waals surface area contributed by atoms with Crippen molar-refractivity contribution in [3.8, 4) is 0 Å². The van der Waals surface area contributed by atoms with Crippen molar-refractivity contribution in [1.82, 2.24) is 5.01 Å². The van der Waals surface area contributed by atoms with Gasteiger partial charge in [0.1, 0.15) is 0 Å². The Morgan fingerprint density at radius 2 is 1.81 bits per heavy atom. The number of benzene rings is 2. The zero-order valence-corrected chi connectivity index (χ0v) is 16.0. The van der Waals surface area contributed by atoms with E-state index in [1.165, 1.54) is 0 Å². The van der Waals surface area contributed by atoms with E-state index in [4.69, 9.17) is 16.7 Å². The van der Waals surface area contributed by atoms with Crippen molar-refractivity contribution in [2.45, 2.75) is 26.8 Å². The van der Waals surface area contributed by atoms with Crippen LogP contribution in [0.3, 0.4) is 0 Å². The van der Waals surface area contributed by atoms with E-state index in [0.717, 1.165) is 45.1 Å². The molecule has 0 aromatic heterocycles. The smallest absolute Gasteiger partial charge is 0.0984 e. The van der Waals surface area contributed by atoms with Crippen molar-refractivity contribution < 1.29 is 0 Å². The molecule has 0 radical (unpaired) electrons. The standard InChI is InChI=1S/C23H23ClN2/c1-4-8-19(9-5-2)23-22-11-7-6-10-21(22)17(3)26(25-23)16-18-12-14-20(24)15-13-18/h4,6-15H,3,5,16H2,1-2H3/b8-4-,19-9+. The Kier molecular flexibility index (Phi) is 5.75.